The molecule has 0 bridgehead atoms. The molecule has 4 rings (SSSR count). The number of nitrogens with one attached hydrogen (secondary N) is 1. The smallest absolute Gasteiger partial charge is 0.413 e. The second kappa shape index (κ2) is 9.99. The van der Waals surface area contributed by atoms with Gasteiger partial charge in [-0.05, 0) is 74.5 Å². The molecular weight excluding hydrogens is 432 g/mol. The number of ether oxygens (including phenoxy) is 1. The second-order valence-corrected chi connectivity index (χ2v) is 7.62. The van der Waals surface area contributed by atoms with Gasteiger partial charge in [0.1, 0.15) is 0 Å². The molecule has 34 heavy (non-hydrogen) atoms. The van der Waals surface area contributed by atoms with Crippen LogP contribution in [0, 0.1) is 6.92 Å². The maximum absolute atomic E-state index is 12.6. The van der Waals surface area contributed by atoms with Crippen molar-refractivity contribution in [2.75, 3.05) is 23.9 Å². The molecule has 1 N–H and O–H groups in total. The molecular formula is C26H24N4O4. The van der Waals surface area contributed by atoms with Gasteiger partial charge in [-0.2, -0.15) is 0 Å². The van der Waals surface area contributed by atoms with Gasteiger partial charge in [-0.15, -0.1) is 10.2 Å². The molecule has 0 aliphatic heterocycles. The third kappa shape index (κ3) is 5.12. The van der Waals surface area contributed by atoms with Gasteiger partial charge in [0.25, 0.3) is 5.91 Å². The Hall–Kier alpha value is -4.46. The molecule has 1 aromatic heterocycles. The molecule has 4 aromatic rings. The van der Waals surface area contributed by atoms with E-state index in [0.717, 1.165) is 11.1 Å². The summed E-state index contributed by atoms with van der Waals surface area (Å²) in [5.74, 6) is 0.561. The molecule has 0 saturated carbocycles. The first kappa shape index (κ1) is 22.7. The summed E-state index contributed by atoms with van der Waals surface area (Å²) in [5, 5.41) is 11.1. The Morgan fingerprint density at radius 3 is 2.26 bits per heavy atom. The molecule has 172 valence electrons. The molecule has 0 spiro atoms. The van der Waals surface area contributed by atoms with Crippen molar-refractivity contribution >= 4 is 23.4 Å². The standard InChI is InChI=1S/C26H24N4O4/c1-4-33-26(32)30(3)22-14-12-21(13-15-22)27-23(31)18-8-10-19(11-9-18)24-28-29-25(34-24)20-7-5-6-17(2)16-20/h5-16H,4H2,1-3H3,(H,27,31). The first-order chi connectivity index (χ1) is 16.4. The summed E-state index contributed by atoms with van der Waals surface area (Å²) in [7, 11) is 1.63. The fourth-order valence-electron chi connectivity index (χ4n) is 3.30. The number of aryl methyl sites for hydroxylation is 1. The molecule has 2 amide bonds. The average Bonchev–Trinajstić information content (AvgIpc) is 3.35. The topological polar surface area (TPSA) is 97.6 Å². The van der Waals surface area contributed by atoms with Crippen LogP contribution >= 0.6 is 0 Å². The summed E-state index contributed by atoms with van der Waals surface area (Å²) in [6.45, 7) is 4.05. The first-order valence-corrected chi connectivity index (χ1v) is 10.8. The number of amides is 2. The fourth-order valence-corrected chi connectivity index (χ4v) is 3.30. The van der Waals surface area contributed by atoms with Crippen molar-refractivity contribution in [1.29, 1.82) is 0 Å². The van der Waals surface area contributed by atoms with Crippen LogP contribution in [0.2, 0.25) is 0 Å². The zero-order chi connectivity index (χ0) is 24.1. The predicted molar refractivity (Wildman–Crippen MR) is 130 cm³/mol. The van der Waals surface area contributed by atoms with Crippen molar-refractivity contribution in [3.05, 3.63) is 83.9 Å². The van der Waals surface area contributed by atoms with E-state index < -0.39 is 6.09 Å². The van der Waals surface area contributed by atoms with Gasteiger partial charge in [0, 0.05) is 35.1 Å². The van der Waals surface area contributed by atoms with Crippen molar-refractivity contribution in [3.8, 4) is 22.9 Å². The van der Waals surface area contributed by atoms with E-state index in [2.05, 4.69) is 15.5 Å². The molecule has 0 aliphatic rings. The highest BCUT2D eigenvalue weighted by Gasteiger charge is 2.14. The summed E-state index contributed by atoms with van der Waals surface area (Å²) >= 11 is 0. The van der Waals surface area contributed by atoms with Crippen molar-refractivity contribution < 1.29 is 18.7 Å². The van der Waals surface area contributed by atoms with Crippen LogP contribution in [-0.4, -0.2) is 35.9 Å². The maximum atomic E-state index is 12.6. The number of hydrogen-bond donors (Lipinski definition) is 1. The van der Waals surface area contributed by atoms with Crippen LogP contribution < -0.4 is 10.2 Å². The number of nitrogens with zero attached hydrogens (tertiary/aromatic N) is 3. The van der Waals surface area contributed by atoms with Gasteiger partial charge < -0.3 is 14.5 Å². The number of carbonyl (C=O) groups is 2. The lowest BCUT2D eigenvalue weighted by atomic mass is 10.1. The van der Waals surface area contributed by atoms with Gasteiger partial charge in [0.05, 0.1) is 6.61 Å². The molecule has 8 nitrogen and oxygen atoms in total. The van der Waals surface area contributed by atoms with Crippen LogP contribution in [0.5, 0.6) is 0 Å². The van der Waals surface area contributed by atoms with Crippen LogP contribution in [0.1, 0.15) is 22.8 Å². The molecule has 0 fully saturated rings. The SMILES string of the molecule is CCOC(=O)N(C)c1ccc(NC(=O)c2ccc(-c3nnc(-c4cccc(C)c4)o3)cc2)cc1. The summed E-state index contributed by atoms with van der Waals surface area (Å²) in [6, 6.07) is 21.7. The molecule has 1 heterocycles. The number of aromatic nitrogens is 2. The minimum absolute atomic E-state index is 0.260. The van der Waals surface area contributed by atoms with E-state index in [1.807, 2.05) is 31.2 Å². The van der Waals surface area contributed by atoms with Crippen molar-refractivity contribution in [3.63, 3.8) is 0 Å². The normalized spacial score (nSPS) is 10.6. The number of anilines is 2. The molecule has 0 radical (unpaired) electrons. The quantitative estimate of drug-likeness (QED) is 0.408. The van der Waals surface area contributed by atoms with E-state index in [9.17, 15) is 9.59 Å². The molecule has 3 aromatic carbocycles. The van der Waals surface area contributed by atoms with Crippen molar-refractivity contribution in [2.24, 2.45) is 0 Å². The fraction of sp³-hybridized carbons (Fsp3) is 0.154. The monoisotopic (exact) mass is 456 g/mol. The summed E-state index contributed by atoms with van der Waals surface area (Å²) < 4.78 is 10.8. The minimum Gasteiger partial charge on any atom is -0.449 e. The highest BCUT2D eigenvalue weighted by Crippen LogP contribution is 2.25. The Morgan fingerprint density at radius 1 is 0.941 bits per heavy atom. The van der Waals surface area contributed by atoms with E-state index in [1.165, 1.54) is 4.90 Å². The Kier molecular flexibility index (Phi) is 6.68. The van der Waals surface area contributed by atoms with Gasteiger partial charge in [-0.3, -0.25) is 9.69 Å². The third-order valence-corrected chi connectivity index (χ3v) is 5.14. The lowest BCUT2D eigenvalue weighted by Gasteiger charge is -2.17. The molecule has 0 atom stereocenters. The highest BCUT2D eigenvalue weighted by atomic mass is 16.6. The zero-order valence-electron chi connectivity index (χ0n) is 19.1. The van der Waals surface area contributed by atoms with Crippen LogP contribution in [0.25, 0.3) is 22.9 Å². The van der Waals surface area contributed by atoms with Crippen LogP contribution in [0.3, 0.4) is 0 Å². The third-order valence-electron chi connectivity index (χ3n) is 5.14. The van der Waals surface area contributed by atoms with Gasteiger partial charge >= 0.3 is 6.09 Å². The maximum Gasteiger partial charge on any atom is 0.413 e. The van der Waals surface area contributed by atoms with Crippen molar-refractivity contribution in [1.82, 2.24) is 10.2 Å². The van der Waals surface area contributed by atoms with Gasteiger partial charge in [0.15, 0.2) is 0 Å². The van der Waals surface area contributed by atoms with Crippen LogP contribution in [0.15, 0.2) is 77.2 Å². The lowest BCUT2D eigenvalue weighted by Crippen LogP contribution is -2.26. The molecule has 0 aliphatic carbocycles. The van der Waals surface area contributed by atoms with E-state index in [-0.39, 0.29) is 5.91 Å². The predicted octanol–water partition coefficient (Wildman–Crippen LogP) is 5.56. The van der Waals surface area contributed by atoms with E-state index in [4.69, 9.17) is 9.15 Å². The van der Waals surface area contributed by atoms with Gasteiger partial charge in [-0.25, -0.2) is 4.79 Å². The van der Waals surface area contributed by atoms with Gasteiger partial charge in [0.2, 0.25) is 11.8 Å². The summed E-state index contributed by atoms with van der Waals surface area (Å²) in [6.07, 6.45) is -0.438. The van der Waals surface area contributed by atoms with E-state index in [1.54, 1.807) is 62.5 Å². The largest absolute Gasteiger partial charge is 0.449 e. The van der Waals surface area contributed by atoms with Crippen LogP contribution in [-0.2, 0) is 4.74 Å². The average molecular weight is 457 g/mol. The van der Waals surface area contributed by atoms with Crippen LogP contribution in [0.4, 0.5) is 16.2 Å². The Morgan fingerprint density at radius 2 is 1.62 bits per heavy atom. The Bertz CT molecular complexity index is 1300. The zero-order valence-corrected chi connectivity index (χ0v) is 19.1. The summed E-state index contributed by atoms with van der Waals surface area (Å²) in [4.78, 5) is 25.9. The molecule has 8 heteroatoms. The number of benzene rings is 3. The van der Waals surface area contributed by atoms with E-state index in [0.29, 0.717) is 40.9 Å². The number of carbonyl (C=O) groups excluding carboxylic acids is 2. The lowest BCUT2D eigenvalue weighted by molar-refractivity contribution is 0.102. The highest BCUT2D eigenvalue weighted by molar-refractivity contribution is 6.04. The number of rotatable bonds is 6. The Balaban J connectivity index is 1.41. The second-order valence-electron chi connectivity index (χ2n) is 7.62. The minimum atomic E-state index is -0.438. The van der Waals surface area contributed by atoms with E-state index >= 15 is 0 Å². The van der Waals surface area contributed by atoms with Crippen molar-refractivity contribution in [2.45, 2.75) is 13.8 Å². The molecule has 0 unspecified atom stereocenters. The number of hydrogen-bond acceptors (Lipinski definition) is 6. The summed E-state index contributed by atoms with van der Waals surface area (Å²) in [5.41, 5.74) is 4.42. The first-order valence-electron chi connectivity index (χ1n) is 10.8. The molecule has 0 saturated heterocycles. The van der Waals surface area contributed by atoms with Gasteiger partial charge in [-0.1, -0.05) is 17.7 Å². The Labute approximate surface area is 197 Å².